The molecule has 0 aromatic carbocycles. The Morgan fingerprint density at radius 2 is 2.00 bits per heavy atom. The average Bonchev–Trinajstić information content (AvgIpc) is 2.27. The number of aryl methyl sites for hydroxylation is 1. The normalized spacial score (nSPS) is 11.3. The summed E-state index contributed by atoms with van der Waals surface area (Å²) in [5.74, 6) is 6.78. The minimum Gasteiger partial charge on any atom is -0.369 e. The maximum absolute atomic E-state index is 11.4. The summed E-state index contributed by atoms with van der Waals surface area (Å²) in [6, 6.07) is 1.60. The van der Waals surface area contributed by atoms with Crippen LogP contribution in [0.2, 0.25) is 0 Å². The lowest BCUT2D eigenvalue weighted by Crippen LogP contribution is -2.29. The van der Waals surface area contributed by atoms with E-state index >= 15 is 0 Å². The largest absolute Gasteiger partial charge is 0.369 e. The van der Waals surface area contributed by atoms with E-state index in [2.05, 4.69) is 25.4 Å². The number of nitrogens with two attached hydrogens (primary N) is 1. The van der Waals surface area contributed by atoms with E-state index in [-0.39, 0.29) is 12.3 Å². The second-order valence-corrected chi connectivity index (χ2v) is 5.50. The predicted octanol–water partition coefficient (Wildman–Crippen LogP) is -0.578. The number of aromatic nitrogens is 2. The van der Waals surface area contributed by atoms with Gasteiger partial charge in [-0.15, -0.1) is 0 Å². The van der Waals surface area contributed by atoms with E-state index in [1.165, 1.54) is 0 Å². The molecule has 0 radical (unpaired) electrons. The van der Waals surface area contributed by atoms with Crippen molar-refractivity contribution in [2.45, 2.75) is 13.8 Å². The molecular weight excluding hydrogens is 256 g/mol. The molecule has 102 valence electrons. The van der Waals surface area contributed by atoms with Gasteiger partial charge in [-0.3, -0.25) is 0 Å². The maximum atomic E-state index is 11.4. The molecule has 0 bridgehead atoms. The first-order valence-electron chi connectivity index (χ1n) is 5.50. The Balaban J connectivity index is 2.56. The van der Waals surface area contributed by atoms with Crippen molar-refractivity contribution in [1.82, 2.24) is 14.7 Å². The zero-order valence-corrected chi connectivity index (χ0v) is 11.2. The molecule has 18 heavy (non-hydrogen) atoms. The molecule has 0 saturated carbocycles. The second-order valence-electron chi connectivity index (χ2n) is 3.57. The quantitative estimate of drug-likeness (QED) is 0.387. The van der Waals surface area contributed by atoms with Crippen LogP contribution in [-0.4, -0.2) is 37.2 Å². The highest BCUT2D eigenvalue weighted by atomic mass is 32.2. The Labute approximate surface area is 106 Å². The lowest BCUT2D eigenvalue weighted by atomic mass is 10.5. The number of rotatable bonds is 7. The Bertz CT molecular complexity index is 490. The third kappa shape index (κ3) is 4.82. The molecule has 0 aliphatic carbocycles. The summed E-state index contributed by atoms with van der Waals surface area (Å²) < 4.78 is 25.2. The zero-order chi connectivity index (χ0) is 13.6. The molecule has 1 heterocycles. The monoisotopic (exact) mass is 274 g/mol. The molecule has 0 fully saturated rings. The van der Waals surface area contributed by atoms with Crippen LogP contribution < -0.4 is 21.3 Å². The van der Waals surface area contributed by atoms with Gasteiger partial charge in [0.2, 0.25) is 10.0 Å². The van der Waals surface area contributed by atoms with E-state index in [0.29, 0.717) is 24.0 Å². The lowest BCUT2D eigenvalue weighted by Gasteiger charge is -2.08. The minimum atomic E-state index is -3.22. The summed E-state index contributed by atoms with van der Waals surface area (Å²) in [6.45, 7) is 4.10. The Hall–Kier alpha value is -1.45. The van der Waals surface area contributed by atoms with Crippen LogP contribution in [0, 0.1) is 6.92 Å². The fourth-order valence-corrected chi connectivity index (χ4v) is 2.29. The maximum Gasteiger partial charge on any atom is 0.213 e. The van der Waals surface area contributed by atoms with Crippen LogP contribution in [-0.2, 0) is 10.0 Å². The van der Waals surface area contributed by atoms with Crippen LogP contribution in [0.1, 0.15) is 12.7 Å². The highest BCUT2D eigenvalue weighted by Gasteiger charge is 2.08. The van der Waals surface area contributed by atoms with Crippen molar-refractivity contribution >= 4 is 21.7 Å². The molecule has 0 unspecified atom stereocenters. The van der Waals surface area contributed by atoms with Crippen molar-refractivity contribution in [3.8, 4) is 0 Å². The summed E-state index contributed by atoms with van der Waals surface area (Å²) in [6.07, 6.45) is 0. The number of nitrogens with zero attached hydrogens (tertiary/aromatic N) is 2. The van der Waals surface area contributed by atoms with Gasteiger partial charge in [0.05, 0.1) is 5.75 Å². The summed E-state index contributed by atoms with van der Waals surface area (Å²) >= 11 is 0. The number of sulfonamides is 1. The van der Waals surface area contributed by atoms with E-state index in [0.717, 1.165) is 0 Å². The molecule has 0 atom stereocenters. The number of hydrazine groups is 1. The van der Waals surface area contributed by atoms with Gasteiger partial charge in [0.25, 0.3) is 0 Å². The van der Waals surface area contributed by atoms with Crippen LogP contribution in [0.3, 0.4) is 0 Å². The van der Waals surface area contributed by atoms with Crippen molar-refractivity contribution in [1.29, 1.82) is 0 Å². The van der Waals surface area contributed by atoms with Gasteiger partial charge in [0.15, 0.2) is 0 Å². The van der Waals surface area contributed by atoms with Crippen LogP contribution in [0.4, 0.5) is 11.6 Å². The molecule has 1 rings (SSSR count). The molecule has 0 aliphatic heterocycles. The summed E-state index contributed by atoms with van der Waals surface area (Å²) in [5, 5.41) is 2.91. The third-order valence-corrected chi connectivity index (χ3v) is 3.50. The van der Waals surface area contributed by atoms with Gasteiger partial charge in [0.1, 0.15) is 17.5 Å². The number of nitrogens with one attached hydrogen (secondary N) is 3. The van der Waals surface area contributed by atoms with Gasteiger partial charge in [-0.25, -0.2) is 29.0 Å². The molecule has 5 N–H and O–H groups in total. The van der Waals surface area contributed by atoms with Gasteiger partial charge in [-0.1, -0.05) is 6.92 Å². The Morgan fingerprint density at radius 1 is 1.33 bits per heavy atom. The van der Waals surface area contributed by atoms with E-state index in [4.69, 9.17) is 5.84 Å². The Kier molecular flexibility index (Phi) is 5.25. The fourth-order valence-electron chi connectivity index (χ4n) is 1.34. The van der Waals surface area contributed by atoms with Crippen molar-refractivity contribution in [3.05, 3.63) is 11.9 Å². The van der Waals surface area contributed by atoms with E-state index < -0.39 is 10.0 Å². The Morgan fingerprint density at radius 3 is 2.61 bits per heavy atom. The highest BCUT2D eigenvalue weighted by molar-refractivity contribution is 7.89. The van der Waals surface area contributed by atoms with Crippen molar-refractivity contribution in [2.75, 3.05) is 29.6 Å². The van der Waals surface area contributed by atoms with Gasteiger partial charge in [-0.05, 0) is 6.92 Å². The second kappa shape index (κ2) is 6.47. The first-order chi connectivity index (χ1) is 8.46. The molecule has 0 amide bonds. The van der Waals surface area contributed by atoms with Gasteiger partial charge in [-0.2, -0.15) is 0 Å². The number of nitrogen functional groups attached to an aromatic ring is 1. The SMILES string of the molecule is CCNS(=O)(=O)CCNc1cc(NN)nc(C)n1. The van der Waals surface area contributed by atoms with Crippen LogP contribution in [0.5, 0.6) is 0 Å². The minimum absolute atomic E-state index is 0.0186. The summed E-state index contributed by atoms with van der Waals surface area (Å²) in [7, 11) is -3.22. The highest BCUT2D eigenvalue weighted by Crippen LogP contribution is 2.09. The first-order valence-corrected chi connectivity index (χ1v) is 7.15. The van der Waals surface area contributed by atoms with Crippen LogP contribution >= 0.6 is 0 Å². The molecule has 8 nitrogen and oxygen atoms in total. The fraction of sp³-hybridized carbons (Fsp3) is 0.556. The number of hydrogen-bond acceptors (Lipinski definition) is 7. The van der Waals surface area contributed by atoms with Crippen molar-refractivity contribution in [2.24, 2.45) is 5.84 Å². The summed E-state index contributed by atoms with van der Waals surface area (Å²) in [4.78, 5) is 8.14. The number of anilines is 2. The van der Waals surface area contributed by atoms with Gasteiger partial charge in [0, 0.05) is 19.2 Å². The topological polar surface area (TPSA) is 122 Å². The van der Waals surface area contributed by atoms with E-state index in [1.807, 2.05) is 0 Å². The molecular formula is C9H18N6O2S. The number of hydrogen-bond donors (Lipinski definition) is 4. The zero-order valence-electron chi connectivity index (χ0n) is 10.4. The molecule has 0 saturated heterocycles. The molecule has 0 spiro atoms. The van der Waals surface area contributed by atoms with Crippen LogP contribution in [0.25, 0.3) is 0 Å². The molecule has 9 heteroatoms. The molecule has 1 aromatic heterocycles. The molecule has 1 aromatic rings. The lowest BCUT2D eigenvalue weighted by molar-refractivity contribution is 0.584. The standard InChI is InChI=1S/C9H18N6O2S/c1-3-12-18(16,17)5-4-11-8-6-9(15-10)14-7(2)13-8/h6,12H,3-5,10H2,1-2H3,(H2,11,13,14,15). The van der Waals surface area contributed by atoms with Gasteiger partial charge >= 0.3 is 0 Å². The predicted molar refractivity (Wildman–Crippen MR) is 70.5 cm³/mol. The van der Waals surface area contributed by atoms with Crippen molar-refractivity contribution < 1.29 is 8.42 Å². The molecule has 0 aliphatic rings. The first kappa shape index (κ1) is 14.6. The average molecular weight is 274 g/mol. The summed E-state index contributed by atoms with van der Waals surface area (Å²) in [5.41, 5.74) is 2.41. The van der Waals surface area contributed by atoms with Crippen LogP contribution in [0.15, 0.2) is 6.07 Å². The third-order valence-electron chi connectivity index (χ3n) is 2.03. The smallest absolute Gasteiger partial charge is 0.213 e. The van der Waals surface area contributed by atoms with E-state index in [9.17, 15) is 8.42 Å². The van der Waals surface area contributed by atoms with E-state index in [1.54, 1.807) is 19.9 Å². The van der Waals surface area contributed by atoms with Crippen molar-refractivity contribution in [3.63, 3.8) is 0 Å². The van der Waals surface area contributed by atoms with Gasteiger partial charge < -0.3 is 10.7 Å².